The summed E-state index contributed by atoms with van der Waals surface area (Å²) in [4.78, 5) is 20.2. The molecule has 1 aromatic carbocycles. The number of benzene rings is 1. The van der Waals surface area contributed by atoms with Gasteiger partial charge in [0.1, 0.15) is 11.5 Å². The van der Waals surface area contributed by atoms with Crippen LogP contribution in [0.4, 0.5) is 5.82 Å². The molecular weight excluding hydrogens is 335 g/mol. The number of carbonyl (C=O) groups is 1. The van der Waals surface area contributed by atoms with Crippen molar-refractivity contribution in [2.24, 2.45) is 0 Å². The topological polar surface area (TPSA) is 66.9 Å². The van der Waals surface area contributed by atoms with E-state index in [1.54, 1.807) is 18.2 Å². The summed E-state index contributed by atoms with van der Waals surface area (Å²) in [6.07, 6.45) is 5.25. The maximum atomic E-state index is 12.0. The second-order valence-corrected chi connectivity index (χ2v) is 5.54. The molecule has 0 aliphatic heterocycles. The summed E-state index contributed by atoms with van der Waals surface area (Å²) in [5, 5.41) is 6.94. The van der Waals surface area contributed by atoms with Gasteiger partial charge >= 0.3 is 0 Å². The minimum atomic E-state index is -0.280. The molecule has 0 saturated heterocycles. The smallest absolute Gasteiger partial charge is 0.271 e. The molecule has 7 heteroatoms. The predicted octanol–water partition coefficient (Wildman–Crippen LogP) is 3.35. The van der Waals surface area contributed by atoms with Gasteiger partial charge in [-0.3, -0.25) is 4.79 Å². The van der Waals surface area contributed by atoms with Gasteiger partial charge < -0.3 is 10.6 Å². The fourth-order valence-electron chi connectivity index (χ4n) is 1.84. The number of halogens is 2. The maximum absolute atomic E-state index is 12.0. The van der Waals surface area contributed by atoms with Crippen molar-refractivity contribution in [2.45, 2.75) is 6.42 Å². The number of aromatic nitrogens is 2. The molecule has 2 aromatic rings. The summed E-state index contributed by atoms with van der Waals surface area (Å²) in [6, 6.07) is 5.29. The third-order valence-corrected chi connectivity index (χ3v) is 3.59. The van der Waals surface area contributed by atoms with Crippen molar-refractivity contribution < 1.29 is 4.79 Å². The number of carbonyl (C=O) groups excluding carboxylic acids is 1. The number of nitrogens with one attached hydrogen (secondary N) is 2. The van der Waals surface area contributed by atoms with E-state index in [2.05, 4.69) is 27.2 Å². The quantitative estimate of drug-likeness (QED) is 0.751. The molecule has 0 unspecified atom stereocenters. The molecule has 23 heavy (non-hydrogen) atoms. The fraction of sp³-hybridized carbons (Fsp3) is 0.188. The Kier molecular flexibility index (Phi) is 6.38. The number of anilines is 1. The highest BCUT2D eigenvalue weighted by molar-refractivity contribution is 6.35. The van der Waals surface area contributed by atoms with E-state index >= 15 is 0 Å². The molecule has 1 amide bonds. The highest BCUT2D eigenvalue weighted by Crippen LogP contribution is 2.21. The standard InChI is InChI=1S/C16H16Cl2N4O/c1-2-6-19-15-10-21-14(9-22-15)16(23)20-7-5-11-3-4-12(17)8-13(11)18/h2-4,8-10H,1,5-7H2,(H,19,22)(H,20,23). The lowest BCUT2D eigenvalue weighted by Gasteiger charge is -2.07. The summed E-state index contributed by atoms with van der Waals surface area (Å²) in [5.74, 6) is 0.312. The van der Waals surface area contributed by atoms with Crippen molar-refractivity contribution in [1.82, 2.24) is 15.3 Å². The molecule has 0 bridgehead atoms. The van der Waals surface area contributed by atoms with Gasteiger partial charge in [0, 0.05) is 23.1 Å². The first-order valence-corrected chi connectivity index (χ1v) is 7.74. The number of hydrogen-bond donors (Lipinski definition) is 2. The van der Waals surface area contributed by atoms with E-state index in [1.165, 1.54) is 12.4 Å². The zero-order chi connectivity index (χ0) is 16.7. The number of hydrogen-bond acceptors (Lipinski definition) is 4. The highest BCUT2D eigenvalue weighted by Gasteiger charge is 2.08. The van der Waals surface area contributed by atoms with Gasteiger partial charge in [-0.05, 0) is 24.1 Å². The Morgan fingerprint density at radius 2 is 2.09 bits per heavy atom. The van der Waals surface area contributed by atoms with Gasteiger partial charge in [-0.15, -0.1) is 6.58 Å². The van der Waals surface area contributed by atoms with Gasteiger partial charge in [0.25, 0.3) is 5.91 Å². The molecule has 1 heterocycles. The average molecular weight is 351 g/mol. The molecule has 120 valence electrons. The molecule has 0 saturated carbocycles. The van der Waals surface area contributed by atoms with E-state index in [1.807, 2.05) is 6.07 Å². The lowest BCUT2D eigenvalue weighted by molar-refractivity contribution is 0.0949. The average Bonchev–Trinajstić information content (AvgIpc) is 2.55. The van der Waals surface area contributed by atoms with E-state index in [9.17, 15) is 4.79 Å². The van der Waals surface area contributed by atoms with Crippen LogP contribution in [0.25, 0.3) is 0 Å². The molecule has 2 rings (SSSR count). The summed E-state index contributed by atoms with van der Waals surface area (Å²) < 4.78 is 0. The fourth-order valence-corrected chi connectivity index (χ4v) is 2.34. The Labute approximate surface area is 144 Å². The first-order valence-electron chi connectivity index (χ1n) is 6.99. The van der Waals surface area contributed by atoms with Crippen molar-refractivity contribution in [3.05, 3.63) is 64.6 Å². The molecule has 0 spiro atoms. The summed E-state index contributed by atoms with van der Waals surface area (Å²) in [5.41, 5.74) is 1.18. The molecule has 5 nitrogen and oxygen atoms in total. The van der Waals surface area contributed by atoms with Crippen molar-refractivity contribution in [3.63, 3.8) is 0 Å². The normalized spacial score (nSPS) is 10.2. The third kappa shape index (κ3) is 5.23. The zero-order valence-electron chi connectivity index (χ0n) is 12.4. The SMILES string of the molecule is C=CCNc1cnc(C(=O)NCCc2ccc(Cl)cc2Cl)cn1. The van der Waals surface area contributed by atoms with Crippen molar-refractivity contribution in [3.8, 4) is 0 Å². The number of nitrogens with zero attached hydrogens (tertiary/aromatic N) is 2. The second-order valence-electron chi connectivity index (χ2n) is 4.70. The van der Waals surface area contributed by atoms with Crippen LogP contribution in [0, 0.1) is 0 Å². The predicted molar refractivity (Wildman–Crippen MR) is 93.2 cm³/mol. The zero-order valence-corrected chi connectivity index (χ0v) is 13.9. The first-order chi connectivity index (χ1) is 11.1. The van der Waals surface area contributed by atoms with Gasteiger partial charge in [-0.1, -0.05) is 35.3 Å². The van der Waals surface area contributed by atoms with Crippen molar-refractivity contribution >= 4 is 34.9 Å². The van der Waals surface area contributed by atoms with Crippen LogP contribution < -0.4 is 10.6 Å². The summed E-state index contributed by atoms with van der Waals surface area (Å²) >= 11 is 11.9. The van der Waals surface area contributed by atoms with Crippen LogP contribution in [0.15, 0.2) is 43.2 Å². The minimum Gasteiger partial charge on any atom is -0.365 e. The first kappa shape index (κ1) is 17.2. The van der Waals surface area contributed by atoms with Gasteiger partial charge in [0.05, 0.1) is 12.4 Å². The van der Waals surface area contributed by atoms with E-state index in [-0.39, 0.29) is 11.6 Å². The van der Waals surface area contributed by atoms with Crippen LogP contribution in [0.1, 0.15) is 16.1 Å². The minimum absolute atomic E-state index is 0.261. The Morgan fingerprint density at radius 3 is 2.74 bits per heavy atom. The van der Waals surface area contributed by atoms with Crippen LogP contribution in [0.5, 0.6) is 0 Å². The van der Waals surface area contributed by atoms with Crippen LogP contribution in [-0.4, -0.2) is 29.0 Å². The monoisotopic (exact) mass is 350 g/mol. The molecule has 1 aromatic heterocycles. The Bertz CT molecular complexity index is 689. The van der Waals surface area contributed by atoms with Gasteiger partial charge in [-0.25, -0.2) is 9.97 Å². The Hall–Kier alpha value is -2.11. The van der Waals surface area contributed by atoms with Gasteiger partial charge in [0.2, 0.25) is 0 Å². The van der Waals surface area contributed by atoms with Crippen molar-refractivity contribution in [2.75, 3.05) is 18.4 Å². The molecule has 0 aliphatic rings. The lowest BCUT2D eigenvalue weighted by Crippen LogP contribution is -2.26. The number of rotatable bonds is 7. The molecule has 0 aliphatic carbocycles. The van der Waals surface area contributed by atoms with Gasteiger partial charge in [-0.2, -0.15) is 0 Å². The van der Waals surface area contributed by atoms with Crippen LogP contribution >= 0.6 is 23.2 Å². The molecule has 2 N–H and O–H groups in total. The molecule has 0 fully saturated rings. The van der Waals surface area contributed by atoms with Crippen LogP contribution in [0.2, 0.25) is 10.0 Å². The molecular formula is C16H16Cl2N4O. The largest absolute Gasteiger partial charge is 0.365 e. The third-order valence-electron chi connectivity index (χ3n) is 3.01. The lowest BCUT2D eigenvalue weighted by atomic mass is 10.1. The van der Waals surface area contributed by atoms with Gasteiger partial charge in [0.15, 0.2) is 0 Å². The van der Waals surface area contributed by atoms with Crippen molar-refractivity contribution in [1.29, 1.82) is 0 Å². The van der Waals surface area contributed by atoms with E-state index in [0.29, 0.717) is 35.4 Å². The highest BCUT2D eigenvalue weighted by atomic mass is 35.5. The van der Waals surface area contributed by atoms with E-state index < -0.39 is 0 Å². The summed E-state index contributed by atoms with van der Waals surface area (Å²) in [7, 11) is 0. The summed E-state index contributed by atoms with van der Waals surface area (Å²) in [6.45, 7) is 4.63. The van der Waals surface area contributed by atoms with Crippen LogP contribution in [-0.2, 0) is 6.42 Å². The van der Waals surface area contributed by atoms with E-state index in [4.69, 9.17) is 23.2 Å². The molecule has 0 atom stereocenters. The number of amides is 1. The second kappa shape index (κ2) is 8.50. The van der Waals surface area contributed by atoms with E-state index in [0.717, 1.165) is 5.56 Å². The Morgan fingerprint density at radius 1 is 1.26 bits per heavy atom. The van der Waals surface area contributed by atoms with Crippen LogP contribution in [0.3, 0.4) is 0 Å². The Balaban J connectivity index is 1.85. The maximum Gasteiger partial charge on any atom is 0.271 e. The molecule has 0 radical (unpaired) electrons.